The summed E-state index contributed by atoms with van der Waals surface area (Å²) < 4.78 is 15.9. The number of amides is 2. The van der Waals surface area contributed by atoms with Gasteiger partial charge in [-0.05, 0) is 37.6 Å². The van der Waals surface area contributed by atoms with Crippen molar-refractivity contribution >= 4 is 39.3 Å². The Morgan fingerprint density at radius 3 is 2.72 bits per heavy atom. The van der Waals surface area contributed by atoms with Crippen LogP contribution in [-0.2, 0) is 17.8 Å². The topological polar surface area (TPSA) is 88.9 Å². The Kier molecular flexibility index (Phi) is 6.55. The smallest absolute Gasteiger partial charge is 0.260 e. The summed E-state index contributed by atoms with van der Waals surface area (Å²) in [5.74, 6) is -0.365. The summed E-state index contributed by atoms with van der Waals surface area (Å²) in [7, 11) is 0. The van der Waals surface area contributed by atoms with Crippen LogP contribution in [-0.4, -0.2) is 32.9 Å². The fourth-order valence-electron chi connectivity index (χ4n) is 3.43. The standard InChI is InChI=1S/C23H22FN5O2S/c1-15-26-19-9-4-5-10-20(19)29(15)12-6-11-25-21(30)13-16-14-32-23(27-16)28-22(31)17-7-2-3-8-18(17)24/h2-5,7-10,14H,6,11-13H2,1H3,(H,25,30)(H,27,28,31). The van der Waals surface area contributed by atoms with Crippen molar-refractivity contribution in [3.63, 3.8) is 0 Å². The number of aromatic nitrogens is 3. The molecule has 0 atom stereocenters. The van der Waals surface area contributed by atoms with E-state index in [2.05, 4.69) is 25.2 Å². The maximum Gasteiger partial charge on any atom is 0.260 e. The summed E-state index contributed by atoms with van der Waals surface area (Å²) in [6.07, 6.45) is 0.882. The zero-order chi connectivity index (χ0) is 22.5. The number of aryl methyl sites for hydroxylation is 2. The largest absolute Gasteiger partial charge is 0.356 e. The number of imidazole rings is 1. The van der Waals surface area contributed by atoms with Crippen LogP contribution in [0.3, 0.4) is 0 Å². The third kappa shape index (κ3) is 5.00. The second-order valence-electron chi connectivity index (χ2n) is 7.26. The van der Waals surface area contributed by atoms with Crippen LogP contribution in [0.4, 0.5) is 9.52 Å². The van der Waals surface area contributed by atoms with Crippen LogP contribution in [0.25, 0.3) is 11.0 Å². The van der Waals surface area contributed by atoms with Gasteiger partial charge < -0.3 is 9.88 Å². The molecule has 164 valence electrons. The average Bonchev–Trinajstić information content (AvgIpc) is 3.34. The molecular formula is C23H22FN5O2S. The number of nitrogens with one attached hydrogen (secondary N) is 2. The number of hydrogen-bond donors (Lipinski definition) is 2. The quantitative estimate of drug-likeness (QED) is 0.397. The lowest BCUT2D eigenvalue weighted by Gasteiger charge is -2.08. The van der Waals surface area contributed by atoms with Gasteiger partial charge in [0.15, 0.2) is 5.13 Å². The van der Waals surface area contributed by atoms with Crippen molar-refractivity contribution in [1.82, 2.24) is 19.9 Å². The first-order valence-corrected chi connectivity index (χ1v) is 11.1. The fraction of sp³-hybridized carbons (Fsp3) is 0.217. The molecule has 0 saturated carbocycles. The zero-order valence-electron chi connectivity index (χ0n) is 17.5. The molecule has 7 nitrogen and oxygen atoms in total. The summed E-state index contributed by atoms with van der Waals surface area (Å²) >= 11 is 1.19. The molecular weight excluding hydrogens is 429 g/mol. The highest BCUT2D eigenvalue weighted by atomic mass is 32.1. The van der Waals surface area contributed by atoms with Crippen molar-refractivity contribution in [3.8, 4) is 0 Å². The van der Waals surface area contributed by atoms with Crippen LogP contribution < -0.4 is 10.6 Å². The molecule has 0 spiro atoms. The van der Waals surface area contributed by atoms with E-state index in [1.54, 1.807) is 11.4 Å². The highest BCUT2D eigenvalue weighted by molar-refractivity contribution is 7.14. The van der Waals surface area contributed by atoms with Gasteiger partial charge in [0.25, 0.3) is 5.91 Å². The second-order valence-corrected chi connectivity index (χ2v) is 8.12. The highest BCUT2D eigenvalue weighted by Crippen LogP contribution is 2.18. The number of nitrogens with zero attached hydrogens (tertiary/aromatic N) is 3. The Balaban J connectivity index is 1.24. The van der Waals surface area contributed by atoms with E-state index in [0.29, 0.717) is 17.4 Å². The van der Waals surface area contributed by atoms with Crippen LogP contribution >= 0.6 is 11.3 Å². The minimum absolute atomic E-state index is 0.0529. The van der Waals surface area contributed by atoms with Crippen molar-refractivity contribution in [2.24, 2.45) is 0 Å². The second kappa shape index (κ2) is 9.69. The van der Waals surface area contributed by atoms with Gasteiger partial charge in [-0.3, -0.25) is 14.9 Å². The molecule has 0 unspecified atom stereocenters. The zero-order valence-corrected chi connectivity index (χ0v) is 18.3. The minimum atomic E-state index is -0.597. The summed E-state index contributed by atoms with van der Waals surface area (Å²) in [6.45, 7) is 3.27. The normalized spacial score (nSPS) is 10.9. The number of fused-ring (bicyclic) bond motifs is 1. The van der Waals surface area contributed by atoms with Crippen molar-refractivity contribution in [2.45, 2.75) is 26.3 Å². The van der Waals surface area contributed by atoms with E-state index in [1.807, 2.05) is 31.2 Å². The predicted molar refractivity (Wildman–Crippen MR) is 122 cm³/mol. The van der Waals surface area contributed by atoms with E-state index in [-0.39, 0.29) is 17.9 Å². The van der Waals surface area contributed by atoms with E-state index in [4.69, 9.17) is 0 Å². The van der Waals surface area contributed by atoms with Gasteiger partial charge in [-0.2, -0.15) is 0 Å². The number of anilines is 1. The van der Waals surface area contributed by atoms with Gasteiger partial charge in [0.05, 0.1) is 28.7 Å². The summed E-state index contributed by atoms with van der Waals surface area (Å²) in [4.78, 5) is 33.2. The highest BCUT2D eigenvalue weighted by Gasteiger charge is 2.14. The number of hydrogen-bond acceptors (Lipinski definition) is 5. The third-order valence-electron chi connectivity index (χ3n) is 4.96. The van der Waals surface area contributed by atoms with Crippen molar-refractivity contribution < 1.29 is 14.0 Å². The van der Waals surface area contributed by atoms with Gasteiger partial charge in [0.1, 0.15) is 11.6 Å². The van der Waals surface area contributed by atoms with Crippen molar-refractivity contribution in [3.05, 3.63) is 76.8 Å². The molecule has 2 amide bonds. The van der Waals surface area contributed by atoms with Crippen LogP contribution in [0.5, 0.6) is 0 Å². The number of carbonyl (C=O) groups is 2. The van der Waals surface area contributed by atoms with Gasteiger partial charge in [0.2, 0.25) is 5.91 Å². The summed E-state index contributed by atoms with van der Waals surface area (Å²) in [6, 6.07) is 13.7. The Morgan fingerprint density at radius 1 is 1.09 bits per heavy atom. The van der Waals surface area contributed by atoms with E-state index < -0.39 is 11.7 Å². The number of carbonyl (C=O) groups excluding carboxylic acids is 2. The fourth-order valence-corrected chi connectivity index (χ4v) is 4.13. The Labute approximate surface area is 188 Å². The molecule has 4 aromatic rings. The lowest BCUT2D eigenvalue weighted by molar-refractivity contribution is -0.120. The molecule has 0 radical (unpaired) electrons. The Hall–Kier alpha value is -3.59. The molecule has 2 heterocycles. The van der Waals surface area contributed by atoms with E-state index in [9.17, 15) is 14.0 Å². The van der Waals surface area contributed by atoms with E-state index in [1.165, 1.54) is 29.5 Å². The van der Waals surface area contributed by atoms with E-state index >= 15 is 0 Å². The monoisotopic (exact) mass is 451 g/mol. The first kappa shape index (κ1) is 21.6. The first-order valence-electron chi connectivity index (χ1n) is 10.2. The van der Waals surface area contributed by atoms with Gasteiger partial charge >= 0.3 is 0 Å². The van der Waals surface area contributed by atoms with Gasteiger partial charge in [0, 0.05) is 18.5 Å². The lowest BCUT2D eigenvalue weighted by Crippen LogP contribution is -2.27. The molecule has 2 N–H and O–H groups in total. The molecule has 4 rings (SSSR count). The molecule has 0 fully saturated rings. The van der Waals surface area contributed by atoms with E-state index in [0.717, 1.165) is 29.8 Å². The number of thiazole rings is 1. The molecule has 9 heteroatoms. The van der Waals surface area contributed by atoms with Gasteiger partial charge in [-0.15, -0.1) is 11.3 Å². The van der Waals surface area contributed by atoms with Gasteiger partial charge in [-0.1, -0.05) is 24.3 Å². The molecule has 0 bridgehead atoms. The SMILES string of the molecule is Cc1nc2ccccc2n1CCCNC(=O)Cc1csc(NC(=O)c2ccccc2F)n1. The molecule has 0 aliphatic carbocycles. The summed E-state index contributed by atoms with van der Waals surface area (Å²) in [5.41, 5.74) is 2.55. The number of benzene rings is 2. The molecule has 2 aromatic heterocycles. The van der Waals surface area contributed by atoms with Crippen LogP contribution in [0.15, 0.2) is 53.9 Å². The first-order chi connectivity index (χ1) is 15.5. The lowest BCUT2D eigenvalue weighted by atomic mass is 10.2. The average molecular weight is 452 g/mol. The Bertz CT molecular complexity index is 1270. The molecule has 0 aliphatic rings. The number of halogens is 1. The maximum atomic E-state index is 13.7. The molecule has 32 heavy (non-hydrogen) atoms. The van der Waals surface area contributed by atoms with Crippen LogP contribution in [0.1, 0.15) is 28.3 Å². The van der Waals surface area contributed by atoms with Crippen molar-refractivity contribution in [1.29, 1.82) is 0 Å². The minimum Gasteiger partial charge on any atom is -0.356 e. The maximum absolute atomic E-state index is 13.7. The predicted octanol–water partition coefficient (Wildman–Crippen LogP) is 3.94. The van der Waals surface area contributed by atoms with Crippen LogP contribution in [0.2, 0.25) is 0 Å². The molecule has 2 aromatic carbocycles. The van der Waals surface area contributed by atoms with Crippen molar-refractivity contribution in [2.75, 3.05) is 11.9 Å². The molecule has 0 aliphatic heterocycles. The molecule has 0 saturated heterocycles. The third-order valence-corrected chi connectivity index (χ3v) is 5.76. The van der Waals surface area contributed by atoms with Gasteiger partial charge in [-0.25, -0.2) is 14.4 Å². The summed E-state index contributed by atoms with van der Waals surface area (Å²) in [5, 5.41) is 7.50. The number of para-hydroxylation sites is 2. The van der Waals surface area contributed by atoms with Crippen LogP contribution in [0, 0.1) is 12.7 Å². The Morgan fingerprint density at radius 2 is 1.88 bits per heavy atom. The number of rotatable bonds is 8.